The number of hydrogen-bond acceptors (Lipinski definition) is 2. The molecule has 0 aliphatic heterocycles. The third-order valence-corrected chi connectivity index (χ3v) is 3.05. The lowest BCUT2D eigenvalue weighted by molar-refractivity contribution is -0.136. The van der Waals surface area contributed by atoms with Gasteiger partial charge in [-0.1, -0.05) is 13.8 Å². The summed E-state index contributed by atoms with van der Waals surface area (Å²) in [6.07, 6.45) is -4.77. The van der Waals surface area contributed by atoms with Gasteiger partial charge in [0.1, 0.15) is 0 Å². The summed E-state index contributed by atoms with van der Waals surface area (Å²) in [6, 6.07) is 0.368. The molecular weight excluding hydrogens is 255 g/mol. The maximum Gasteiger partial charge on any atom is 0.389 e. The minimum Gasteiger partial charge on any atom is -0.310 e. The SMILES string of the molecule is Cc1nn(CCCC(F)(F)F)c(C)c1CNC(C)C. The maximum absolute atomic E-state index is 12.1. The average Bonchev–Trinajstić information content (AvgIpc) is 2.50. The molecule has 1 N–H and O–H groups in total. The molecule has 3 nitrogen and oxygen atoms in total. The summed E-state index contributed by atoms with van der Waals surface area (Å²) in [6.45, 7) is 8.93. The third-order valence-electron chi connectivity index (χ3n) is 3.05. The van der Waals surface area contributed by atoms with Crippen LogP contribution in [0.3, 0.4) is 0 Å². The molecule has 0 unspecified atom stereocenters. The standard InChI is InChI=1S/C13H22F3N3/c1-9(2)17-8-12-10(3)18-19(11(12)4)7-5-6-13(14,15)16/h9,17H,5-8H2,1-4H3. The first-order valence-corrected chi connectivity index (χ1v) is 6.53. The Labute approximate surface area is 112 Å². The second kappa shape index (κ2) is 6.41. The van der Waals surface area contributed by atoms with Gasteiger partial charge in [0.15, 0.2) is 0 Å². The van der Waals surface area contributed by atoms with Crippen LogP contribution in [0.25, 0.3) is 0 Å². The number of hydrogen-bond donors (Lipinski definition) is 1. The van der Waals surface area contributed by atoms with Gasteiger partial charge in [-0.2, -0.15) is 18.3 Å². The number of aryl methyl sites for hydroxylation is 2. The van der Waals surface area contributed by atoms with Gasteiger partial charge in [-0.25, -0.2) is 0 Å². The molecule has 110 valence electrons. The van der Waals surface area contributed by atoms with E-state index in [2.05, 4.69) is 24.3 Å². The van der Waals surface area contributed by atoms with Gasteiger partial charge in [-0.3, -0.25) is 4.68 Å². The summed E-state index contributed by atoms with van der Waals surface area (Å²) in [7, 11) is 0. The summed E-state index contributed by atoms with van der Waals surface area (Å²) < 4.78 is 38.0. The van der Waals surface area contributed by atoms with E-state index in [1.807, 2.05) is 13.8 Å². The molecule has 0 saturated carbocycles. The van der Waals surface area contributed by atoms with Crippen LogP contribution in [0.15, 0.2) is 0 Å². The number of rotatable bonds is 6. The summed E-state index contributed by atoms with van der Waals surface area (Å²) in [5.41, 5.74) is 2.92. The lowest BCUT2D eigenvalue weighted by Crippen LogP contribution is -2.22. The van der Waals surface area contributed by atoms with Crippen molar-refractivity contribution in [2.45, 2.75) is 65.8 Å². The van der Waals surface area contributed by atoms with E-state index in [-0.39, 0.29) is 6.42 Å². The van der Waals surface area contributed by atoms with Crippen LogP contribution in [0.5, 0.6) is 0 Å². The number of alkyl halides is 3. The molecule has 1 aromatic rings. The van der Waals surface area contributed by atoms with Crippen molar-refractivity contribution in [1.29, 1.82) is 0 Å². The van der Waals surface area contributed by atoms with Crippen LogP contribution in [0, 0.1) is 13.8 Å². The van der Waals surface area contributed by atoms with Crippen molar-refractivity contribution in [3.8, 4) is 0 Å². The summed E-state index contributed by atoms with van der Waals surface area (Å²) in [4.78, 5) is 0. The monoisotopic (exact) mass is 277 g/mol. The first-order valence-electron chi connectivity index (χ1n) is 6.53. The van der Waals surface area contributed by atoms with E-state index in [4.69, 9.17) is 0 Å². The van der Waals surface area contributed by atoms with Crippen LogP contribution in [-0.4, -0.2) is 22.0 Å². The zero-order valence-corrected chi connectivity index (χ0v) is 11.9. The van der Waals surface area contributed by atoms with Gasteiger partial charge in [0.25, 0.3) is 0 Å². The minimum atomic E-state index is -4.09. The third kappa shape index (κ3) is 5.22. The van der Waals surface area contributed by atoms with E-state index < -0.39 is 12.6 Å². The Kier molecular flexibility index (Phi) is 5.40. The molecule has 19 heavy (non-hydrogen) atoms. The largest absolute Gasteiger partial charge is 0.389 e. The van der Waals surface area contributed by atoms with Gasteiger partial charge in [0.2, 0.25) is 0 Å². The predicted octanol–water partition coefficient (Wildman–Crippen LogP) is 3.34. The fourth-order valence-electron chi connectivity index (χ4n) is 1.94. The normalized spacial score (nSPS) is 12.4. The Balaban J connectivity index is 2.63. The van der Waals surface area contributed by atoms with E-state index in [1.165, 1.54) is 0 Å². The zero-order chi connectivity index (χ0) is 14.6. The summed E-state index contributed by atoms with van der Waals surface area (Å²) in [5.74, 6) is 0. The number of halogens is 3. The van der Waals surface area contributed by atoms with Crippen molar-refractivity contribution in [3.05, 3.63) is 17.0 Å². The van der Waals surface area contributed by atoms with Gasteiger partial charge in [0, 0.05) is 36.8 Å². The Hall–Kier alpha value is -1.04. The topological polar surface area (TPSA) is 29.9 Å². The van der Waals surface area contributed by atoms with Crippen LogP contribution in [0.2, 0.25) is 0 Å². The molecule has 0 saturated heterocycles. The second-order valence-corrected chi connectivity index (χ2v) is 5.13. The average molecular weight is 277 g/mol. The molecule has 0 fully saturated rings. The molecule has 1 rings (SSSR count). The number of nitrogens with one attached hydrogen (secondary N) is 1. The highest BCUT2D eigenvalue weighted by Gasteiger charge is 2.26. The van der Waals surface area contributed by atoms with E-state index in [1.54, 1.807) is 4.68 Å². The van der Waals surface area contributed by atoms with Crippen molar-refractivity contribution in [3.63, 3.8) is 0 Å². The lowest BCUT2D eigenvalue weighted by Gasteiger charge is -2.09. The van der Waals surface area contributed by atoms with Gasteiger partial charge >= 0.3 is 6.18 Å². The second-order valence-electron chi connectivity index (χ2n) is 5.13. The quantitative estimate of drug-likeness (QED) is 0.864. The molecule has 6 heteroatoms. The Morgan fingerprint density at radius 1 is 1.26 bits per heavy atom. The molecule has 0 spiro atoms. The highest BCUT2D eigenvalue weighted by Crippen LogP contribution is 2.22. The van der Waals surface area contributed by atoms with Crippen molar-refractivity contribution in [2.24, 2.45) is 0 Å². The zero-order valence-electron chi connectivity index (χ0n) is 11.9. The molecule has 0 aliphatic carbocycles. The predicted molar refractivity (Wildman–Crippen MR) is 69.0 cm³/mol. The fraction of sp³-hybridized carbons (Fsp3) is 0.769. The molecule has 0 bridgehead atoms. The van der Waals surface area contributed by atoms with Crippen molar-refractivity contribution < 1.29 is 13.2 Å². The molecule has 1 heterocycles. The first kappa shape index (κ1) is 16.0. The molecular formula is C13H22F3N3. The Bertz CT molecular complexity index is 408. The molecule has 0 radical (unpaired) electrons. The minimum absolute atomic E-state index is 0.0719. The lowest BCUT2D eigenvalue weighted by atomic mass is 10.2. The van der Waals surface area contributed by atoms with E-state index in [0.717, 1.165) is 17.0 Å². The van der Waals surface area contributed by atoms with Gasteiger partial charge in [-0.05, 0) is 20.3 Å². The van der Waals surface area contributed by atoms with Gasteiger partial charge in [0.05, 0.1) is 5.69 Å². The van der Waals surface area contributed by atoms with E-state index in [0.29, 0.717) is 19.1 Å². The van der Waals surface area contributed by atoms with Crippen LogP contribution >= 0.6 is 0 Å². The first-order chi connectivity index (χ1) is 8.70. The smallest absolute Gasteiger partial charge is 0.310 e. The summed E-state index contributed by atoms with van der Waals surface area (Å²) in [5, 5.41) is 7.62. The van der Waals surface area contributed by atoms with Crippen LogP contribution in [-0.2, 0) is 13.1 Å². The van der Waals surface area contributed by atoms with Crippen LogP contribution < -0.4 is 5.32 Å². The molecule has 0 aliphatic rings. The van der Waals surface area contributed by atoms with Gasteiger partial charge < -0.3 is 5.32 Å². The molecule has 1 aromatic heterocycles. The number of aromatic nitrogens is 2. The van der Waals surface area contributed by atoms with Crippen LogP contribution in [0.1, 0.15) is 43.6 Å². The van der Waals surface area contributed by atoms with Crippen molar-refractivity contribution in [2.75, 3.05) is 0 Å². The molecule has 0 atom stereocenters. The maximum atomic E-state index is 12.1. The Morgan fingerprint density at radius 3 is 2.42 bits per heavy atom. The van der Waals surface area contributed by atoms with Crippen molar-refractivity contribution in [1.82, 2.24) is 15.1 Å². The summed E-state index contributed by atoms with van der Waals surface area (Å²) >= 11 is 0. The van der Waals surface area contributed by atoms with Crippen molar-refractivity contribution >= 4 is 0 Å². The molecule has 0 aromatic carbocycles. The number of nitrogens with zero attached hydrogens (tertiary/aromatic N) is 2. The van der Waals surface area contributed by atoms with Gasteiger partial charge in [-0.15, -0.1) is 0 Å². The Morgan fingerprint density at radius 2 is 1.89 bits per heavy atom. The van der Waals surface area contributed by atoms with Crippen LogP contribution in [0.4, 0.5) is 13.2 Å². The van der Waals surface area contributed by atoms with E-state index >= 15 is 0 Å². The van der Waals surface area contributed by atoms with E-state index in [9.17, 15) is 13.2 Å². The highest BCUT2D eigenvalue weighted by atomic mass is 19.4. The highest BCUT2D eigenvalue weighted by molar-refractivity contribution is 5.24. The fourth-order valence-corrected chi connectivity index (χ4v) is 1.94. The molecule has 0 amide bonds.